The van der Waals surface area contributed by atoms with Gasteiger partial charge in [-0.25, -0.2) is 23.5 Å². The first-order valence-corrected chi connectivity index (χ1v) is 13.6. The Balaban J connectivity index is 1.65. The Kier molecular flexibility index (Phi) is 8.05. The Hall–Kier alpha value is -3.48. The van der Waals surface area contributed by atoms with Gasteiger partial charge in [-0.15, -0.1) is 0 Å². The van der Waals surface area contributed by atoms with Gasteiger partial charge in [0.1, 0.15) is 17.2 Å². The minimum atomic E-state index is -4.01. The predicted molar refractivity (Wildman–Crippen MR) is 139 cm³/mol. The molecule has 0 bridgehead atoms. The highest BCUT2D eigenvalue weighted by Gasteiger charge is 2.35. The lowest BCUT2D eigenvalue weighted by atomic mass is 10.2. The number of ether oxygens (including phenoxy) is 2. The molecule has 2 aromatic carbocycles. The molecule has 12 heteroatoms. The molecular weight excluding hydrogens is 518 g/mol. The van der Waals surface area contributed by atoms with Gasteiger partial charge in [-0.3, -0.25) is 5.32 Å². The van der Waals surface area contributed by atoms with E-state index in [1.165, 1.54) is 0 Å². The number of hydrogen-bond acceptors (Lipinski definition) is 7. The maximum atomic E-state index is 14.3. The number of aromatic nitrogens is 2. The number of nitrogens with zero attached hydrogens (tertiary/aromatic N) is 3. The molecule has 1 aliphatic rings. The molecule has 0 spiro atoms. The topological polar surface area (TPSA) is 114 Å². The molecule has 9 nitrogen and oxygen atoms in total. The van der Waals surface area contributed by atoms with Crippen LogP contribution in [-0.2, 0) is 29.6 Å². The fourth-order valence-corrected chi connectivity index (χ4v) is 5.14. The first kappa shape index (κ1) is 27.6. The Morgan fingerprint density at radius 2 is 1.79 bits per heavy atom. The van der Waals surface area contributed by atoms with Crippen molar-refractivity contribution in [1.29, 1.82) is 0 Å². The molecule has 2 heterocycles. The molecule has 1 atom stereocenters. The van der Waals surface area contributed by atoms with Gasteiger partial charge in [-0.05, 0) is 57.2 Å². The molecule has 3 aromatic rings. The van der Waals surface area contributed by atoms with Crippen LogP contribution in [0.1, 0.15) is 26.5 Å². The van der Waals surface area contributed by atoms with Crippen molar-refractivity contribution in [3.8, 4) is 11.4 Å². The Bertz CT molecular complexity index is 1360. The van der Waals surface area contributed by atoms with Gasteiger partial charge in [-0.1, -0.05) is 4.21 Å². The summed E-state index contributed by atoms with van der Waals surface area (Å²) in [7, 11) is -4.01. The zero-order chi connectivity index (χ0) is 27.5. The maximum Gasteiger partial charge on any atom is 0.412 e. The standard InChI is InChI=1S/C26H28F2N4O5S/c1-26(2,3)37-25(33)30-19-7-4-17(5-8-19)24-29-20(15-23(31-24)32-10-12-36-13-11-32)16-38(34,35)22-14-18(27)6-9-21(22)28/h4-9,14-15H,10-13,16H2,1-3H3,(H-,29,30,31,33,34,35)/p+1. The van der Waals surface area contributed by atoms with Crippen LogP contribution in [-0.4, -0.2) is 52.5 Å². The summed E-state index contributed by atoms with van der Waals surface area (Å²) in [4.78, 5) is 22.5. The van der Waals surface area contributed by atoms with E-state index in [4.69, 9.17) is 9.47 Å². The van der Waals surface area contributed by atoms with E-state index in [2.05, 4.69) is 15.3 Å². The number of halogens is 2. The number of anilines is 2. The molecule has 2 N–H and O–H groups in total. The van der Waals surface area contributed by atoms with Gasteiger partial charge in [0.2, 0.25) is 4.90 Å². The highest BCUT2D eigenvalue weighted by atomic mass is 32.3. The van der Waals surface area contributed by atoms with E-state index in [-0.39, 0.29) is 11.5 Å². The highest BCUT2D eigenvalue weighted by molar-refractivity contribution is 7.97. The first-order valence-electron chi connectivity index (χ1n) is 11.9. The van der Waals surface area contributed by atoms with Gasteiger partial charge in [0.05, 0.1) is 18.9 Å². The Morgan fingerprint density at radius 3 is 2.45 bits per heavy atom. The molecule has 1 aromatic heterocycles. The largest absolute Gasteiger partial charge is 0.444 e. The van der Waals surface area contributed by atoms with Crippen molar-refractivity contribution in [2.24, 2.45) is 0 Å². The molecule has 0 saturated carbocycles. The number of hydrogen-bond donors (Lipinski definition) is 2. The molecule has 1 amide bonds. The van der Waals surface area contributed by atoms with Crippen LogP contribution in [0.15, 0.2) is 53.4 Å². The van der Waals surface area contributed by atoms with E-state index >= 15 is 0 Å². The first-order chi connectivity index (χ1) is 17.9. The third-order valence-corrected chi connectivity index (χ3v) is 7.16. The molecular formula is C26H29F2N4O5S+. The van der Waals surface area contributed by atoms with Crippen LogP contribution < -0.4 is 10.2 Å². The van der Waals surface area contributed by atoms with E-state index in [1.807, 2.05) is 4.90 Å². The van der Waals surface area contributed by atoms with Crippen molar-refractivity contribution >= 4 is 27.8 Å². The summed E-state index contributed by atoms with van der Waals surface area (Å²) in [5.41, 5.74) is 0.613. The molecule has 1 unspecified atom stereocenters. The fraction of sp³-hybridized carbons (Fsp3) is 0.346. The van der Waals surface area contributed by atoms with Crippen molar-refractivity contribution in [3.63, 3.8) is 0 Å². The summed E-state index contributed by atoms with van der Waals surface area (Å²) in [5.74, 6) is -1.56. The molecule has 38 heavy (non-hydrogen) atoms. The summed E-state index contributed by atoms with van der Waals surface area (Å²) in [5, 5.41) is 2.65. The van der Waals surface area contributed by atoms with Gasteiger partial charge in [-0.2, -0.15) is 4.55 Å². The molecule has 202 valence electrons. The Morgan fingerprint density at radius 1 is 1.11 bits per heavy atom. The molecule has 1 fully saturated rings. The van der Waals surface area contributed by atoms with Crippen molar-refractivity contribution in [3.05, 3.63) is 65.9 Å². The second-order valence-corrected chi connectivity index (χ2v) is 11.7. The SMILES string of the molecule is CC(C)(C)OC(=O)Nc1ccc(-c2nc(C[S+](=O)(O)c3cc(F)ccc3F)cc(N3CCOCC3)n2)cc1. The highest BCUT2D eigenvalue weighted by Crippen LogP contribution is 2.28. The number of carbonyl (C=O) groups is 1. The molecule has 4 rings (SSSR count). The maximum absolute atomic E-state index is 14.3. The predicted octanol–water partition coefficient (Wildman–Crippen LogP) is 5.14. The third-order valence-electron chi connectivity index (χ3n) is 5.47. The second kappa shape index (κ2) is 11.1. The van der Waals surface area contributed by atoms with E-state index < -0.39 is 44.2 Å². The van der Waals surface area contributed by atoms with Crippen LogP contribution in [0.2, 0.25) is 0 Å². The van der Waals surface area contributed by atoms with Gasteiger partial charge >= 0.3 is 6.09 Å². The lowest BCUT2D eigenvalue weighted by Gasteiger charge is -2.28. The van der Waals surface area contributed by atoms with Crippen LogP contribution in [0.3, 0.4) is 0 Å². The summed E-state index contributed by atoms with van der Waals surface area (Å²) >= 11 is 0. The van der Waals surface area contributed by atoms with Crippen LogP contribution >= 0.6 is 0 Å². The monoisotopic (exact) mass is 547 g/mol. The van der Waals surface area contributed by atoms with Crippen LogP contribution in [0.4, 0.5) is 25.1 Å². The van der Waals surface area contributed by atoms with Gasteiger partial charge in [0.15, 0.2) is 17.4 Å². The van der Waals surface area contributed by atoms with Crippen molar-refractivity contribution in [1.82, 2.24) is 9.97 Å². The third kappa shape index (κ3) is 7.09. The summed E-state index contributed by atoms with van der Waals surface area (Å²) in [6.45, 7) is 7.39. The average Bonchev–Trinajstić information content (AvgIpc) is 2.85. The van der Waals surface area contributed by atoms with E-state index in [9.17, 15) is 22.3 Å². The molecule has 1 aliphatic heterocycles. The fourth-order valence-electron chi connectivity index (χ4n) is 3.76. The molecule has 1 saturated heterocycles. The smallest absolute Gasteiger partial charge is 0.412 e. The van der Waals surface area contributed by atoms with Crippen LogP contribution in [0, 0.1) is 11.6 Å². The van der Waals surface area contributed by atoms with E-state index in [0.717, 1.165) is 18.2 Å². The zero-order valence-electron chi connectivity index (χ0n) is 21.2. The molecule has 0 radical (unpaired) electrons. The number of amides is 1. The van der Waals surface area contributed by atoms with Gasteiger partial charge in [0.25, 0.3) is 10.2 Å². The van der Waals surface area contributed by atoms with E-state index in [1.54, 1.807) is 51.1 Å². The summed E-state index contributed by atoms with van der Waals surface area (Å²) in [6, 6.07) is 10.7. The molecule has 0 aliphatic carbocycles. The minimum Gasteiger partial charge on any atom is -0.444 e. The number of morpholine rings is 1. The second-order valence-electron chi connectivity index (χ2n) is 9.70. The van der Waals surface area contributed by atoms with Crippen LogP contribution in [0.25, 0.3) is 11.4 Å². The Labute approximate surface area is 220 Å². The minimum absolute atomic E-state index is 0.184. The zero-order valence-corrected chi connectivity index (χ0v) is 22.1. The quantitative estimate of drug-likeness (QED) is 0.408. The lowest BCUT2D eigenvalue weighted by Crippen LogP contribution is -2.37. The lowest BCUT2D eigenvalue weighted by molar-refractivity contribution is 0.0636. The van der Waals surface area contributed by atoms with E-state index in [0.29, 0.717) is 43.4 Å². The number of nitrogens with one attached hydrogen (secondary N) is 1. The summed E-state index contributed by atoms with van der Waals surface area (Å²) < 4.78 is 62.5. The van der Waals surface area contributed by atoms with Crippen LogP contribution in [0.5, 0.6) is 0 Å². The number of carbonyl (C=O) groups excluding carboxylic acids is 1. The van der Waals surface area contributed by atoms with Crippen molar-refractivity contribution in [2.75, 3.05) is 36.5 Å². The van der Waals surface area contributed by atoms with Gasteiger partial charge < -0.3 is 14.4 Å². The van der Waals surface area contributed by atoms with Gasteiger partial charge in [0, 0.05) is 36.5 Å². The normalized spacial score (nSPS) is 15.6. The number of benzene rings is 2. The summed E-state index contributed by atoms with van der Waals surface area (Å²) in [6.07, 6.45) is -0.597. The number of rotatable bonds is 6. The average molecular weight is 548 g/mol. The van der Waals surface area contributed by atoms with Crippen molar-refractivity contribution in [2.45, 2.75) is 37.0 Å². The van der Waals surface area contributed by atoms with Crippen molar-refractivity contribution < 1.29 is 31.8 Å².